The number of piperazine rings is 1. The van der Waals surface area contributed by atoms with Crippen LogP contribution >= 0.6 is 0 Å². The minimum atomic E-state index is -3.55. The number of hydrogen-bond acceptors (Lipinski definition) is 6. The molecule has 1 saturated heterocycles. The van der Waals surface area contributed by atoms with Gasteiger partial charge in [-0.3, -0.25) is 4.57 Å². The molecule has 162 valence electrons. The summed E-state index contributed by atoms with van der Waals surface area (Å²) in [6.45, 7) is 2.00. The van der Waals surface area contributed by atoms with Gasteiger partial charge in [0.25, 0.3) is 0 Å². The SMILES string of the molecule is O=S(=O)(c1ccc2cccc3c2c1CC3)N1CCN(c2cc(-n3ccnc3)ncn2)CC1. The fourth-order valence-electron chi connectivity index (χ4n) is 4.82. The molecule has 0 atom stereocenters. The van der Waals surface area contributed by atoms with E-state index in [0.29, 0.717) is 31.1 Å². The Morgan fingerprint density at radius 3 is 2.56 bits per heavy atom. The molecule has 0 N–H and O–H groups in total. The second kappa shape index (κ2) is 7.39. The zero-order chi connectivity index (χ0) is 21.7. The Labute approximate surface area is 186 Å². The monoisotopic (exact) mass is 446 g/mol. The summed E-state index contributed by atoms with van der Waals surface area (Å²) in [5.41, 5.74) is 2.22. The first-order chi connectivity index (χ1) is 15.6. The highest BCUT2D eigenvalue weighted by molar-refractivity contribution is 7.89. The lowest BCUT2D eigenvalue weighted by atomic mass is 10.1. The van der Waals surface area contributed by atoms with Crippen LogP contribution in [0.3, 0.4) is 0 Å². The Kier molecular flexibility index (Phi) is 4.48. The van der Waals surface area contributed by atoms with Gasteiger partial charge in [0, 0.05) is 44.6 Å². The first kappa shape index (κ1) is 19.4. The molecule has 0 amide bonds. The Morgan fingerprint density at radius 2 is 1.75 bits per heavy atom. The van der Waals surface area contributed by atoms with E-state index >= 15 is 0 Å². The zero-order valence-corrected chi connectivity index (χ0v) is 18.2. The summed E-state index contributed by atoms with van der Waals surface area (Å²) >= 11 is 0. The fraction of sp³-hybridized carbons (Fsp3) is 0.261. The largest absolute Gasteiger partial charge is 0.354 e. The van der Waals surface area contributed by atoms with E-state index in [0.717, 1.165) is 40.8 Å². The zero-order valence-electron chi connectivity index (χ0n) is 17.4. The van der Waals surface area contributed by atoms with E-state index in [1.54, 1.807) is 22.9 Å². The predicted molar refractivity (Wildman–Crippen MR) is 121 cm³/mol. The molecule has 0 bridgehead atoms. The smallest absolute Gasteiger partial charge is 0.243 e. The topological polar surface area (TPSA) is 84.2 Å². The summed E-state index contributed by atoms with van der Waals surface area (Å²) in [7, 11) is -3.55. The molecule has 1 aliphatic heterocycles. The van der Waals surface area contributed by atoms with Gasteiger partial charge in [0.05, 0.1) is 4.90 Å². The van der Waals surface area contributed by atoms with Crippen LogP contribution in [-0.2, 0) is 22.9 Å². The molecule has 3 heterocycles. The number of benzene rings is 2. The molecule has 8 nitrogen and oxygen atoms in total. The van der Waals surface area contributed by atoms with Crippen molar-refractivity contribution in [3.8, 4) is 5.82 Å². The average Bonchev–Trinajstić information content (AvgIpc) is 3.52. The maximum absolute atomic E-state index is 13.6. The highest BCUT2D eigenvalue weighted by Gasteiger charge is 2.32. The Balaban J connectivity index is 1.24. The molecule has 1 aliphatic carbocycles. The van der Waals surface area contributed by atoms with Crippen molar-refractivity contribution in [1.29, 1.82) is 0 Å². The lowest BCUT2D eigenvalue weighted by Gasteiger charge is -2.35. The van der Waals surface area contributed by atoms with E-state index in [4.69, 9.17) is 0 Å². The van der Waals surface area contributed by atoms with Crippen molar-refractivity contribution in [1.82, 2.24) is 23.8 Å². The van der Waals surface area contributed by atoms with Gasteiger partial charge in [0.1, 0.15) is 24.3 Å². The maximum atomic E-state index is 13.6. The number of sulfonamides is 1. The summed E-state index contributed by atoms with van der Waals surface area (Å²) in [4.78, 5) is 15.3. The molecule has 1 fully saturated rings. The Bertz CT molecular complexity index is 1410. The van der Waals surface area contributed by atoms with E-state index in [-0.39, 0.29) is 0 Å². The van der Waals surface area contributed by atoms with Gasteiger partial charge >= 0.3 is 0 Å². The number of aryl methyl sites for hydroxylation is 2. The van der Waals surface area contributed by atoms with Gasteiger partial charge < -0.3 is 4.90 Å². The van der Waals surface area contributed by atoms with Crippen LogP contribution < -0.4 is 4.90 Å². The number of imidazole rings is 1. The molecule has 4 aromatic rings. The van der Waals surface area contributed by atoms with Crippen molar-refractivity contribution < 1.29 is 8.42 Å². The van der Waals surface area contributed by atoms with E-state index in [1.807, 2.05) is 29.0 Å². The molecule has 0 radical (unpaired) electrons. The van der Waals surface area contributed by atoms with Crippen LogP contribution in [0.5, 0.6) is 0 Å². The summed E-state index contributed by atoms with van der Waals surface area (Å²) < 4.78 is 30.5. The molecule has 0 unspecified atom stereocenters. The quantitative estimate of drug-likeness (QED) is 0.479. The normalized spacial score (nSPS) is 16.7. The van der Waals surface area contributed by atoms with E-state index in [2.05, 4.69) is 32.0 Å². The highest BCUT2D eigenvalue weighted by Crippen LogP contribution is 2.36. The number of rotatable bonds is 4. The molecule has 32 heavy (non-hydrogen) atoms. The molecule has 2 aliphatic rings. The van der Waals surface area contributed by atoms with Gasteiger partial charge in [0.15, 0.2) is 0 Å². The first-order valence-corrected chi connectivity index (χ1v) is 12.1. The van der Waals surface area contributed by atoms with Crippen LogP contribution in [0.15, 0.2) is 66.3 Å². The standard InChI is InChI=1S/C23H22N6O2S/c30-32(31,20-7-5-18-3-1-2-17-4-6-19(20)23(17)18)29-12-10-27(11-13-29)21-14-22(26-15-25-21)28-9-8-24-16-28/h1-3,5,7-9,14-16H,4,6,10-13H2. The van der Waals surface area contributed by atoms with Crippen LogP contribution in [0.1, 0.15) is 11.1 Å². The second-order valence-corrected chi connectivity index (χ2v) is 10.1. The van der Waals surface area contributed by atoms with Gasteiger partial charge in [-0.15, -0.1) is 0 Å². The Hall–Kier alpha value is -3.30. The molecule has 2 aromatic carbocycles. The van der Waals surface area contributed by atoms with Crippen molar-refractivity contribution in [2.24, 2.45) is 0 Å². The van der Waals surface area contributed by atoms with Crippen LogP contribution in [0.2, 0.25) is 0 Å². The van der Waals surface area contributed by atoms with Gasteiger partial charge in [-0.05, 0) is 40.8 Å². The van der Waals surface area contributed by atoms with Gasteiger partial charge in [-0.25, -0.2) is 23.4 Å². The lowest BCUT2D eigenvalue weighted by molar-refractivity contribution is 0.383. The molecule has 9 heteroatoms. The van der Waals surface area contributed by atoms with Crippen LogP contribution in [-0.4, -0.2) is 58.4 Å². The van der Waals surface area contributed by atoms with Crippen molar-refractivity contribution in [3.63, 3.8) is 0 Å². The first-order valence-electron chi connectivity index (χ1n) is 10.7. The summed E-state index contributed by atoms with van der Waals surface area (Å²) in [5, 5.41) is 2.25. The minimum Gasteiger partial charge on any atom is -0.354 e. The van der Waals surface area contributed by atoms with E-state index < -0.39 is 10.0 Å². The van der Waals surface area contributed by atoms with Crippen LogP contribution in [0.4, 0.5) is 5.82 Å². The second-order valence-electron chi connectivity index (χ2n) is 8.15. The summed E-state index contributed by atoms with van der Waals surface area (Å²) in [6, 6.07) is 11.8. The number of nitrogens with zero attached hydrogens (tertiary/aromatic N) is 6. The predicted octanol–water partition coefficient (Wildman–Crippen LogP) is 2.42. The average molecular weight is 447 g/mol. The van der Waals surface area contributed by atoms with Crippen molar-refractivity contribution >= 4 is 26.6 Å². The Morgan fingerprint density at radius 1 is 0.906 bits per heavy atom. The van der Waals surface area contributed by atoms with Crippen LogP contribution in [0, 0.1) is 0 Å². The van der Waals surface area contributed by atoms with Gasteiger partial charge in [-0.2, -0.15) is 4.31 Å². The lowest BCUT2D eigenvalue weighted by Crippen LogP contribution is -2.49. The molecular formula is C23H22N6O2S. The third-order valence-corrected chi connectivity index (χ3v) is 8.41. The van der Waals surface area contributed by atoms with Crippen molar-refractivity contribution in [3.05, 3.63) is 72.6 Å². The van der Waals surface area contributed by atoms with E-state index in [9.17, 15) is 8.42 Å². The van der Waals surface area contributed by atoms with Crippen molar-refractivity contribution in [2.75, 3.05) is 31.1 Å². The molecular weight excluding hydrogens is 424 g/mol. The number of aromatic nitrogens is 4. The molecule has 6 rings (SSSR count). The van der Waals surface area contributed by atoms with Gasteiger partial charge in [-0.1, -0.05) is 24.3 Å². The maximum Gasteiger partial charge on any atom is 0.243 e. The van der Waals surface area contributed by atoms with Gasteiger partial charge in [0.2, 0.25) is 10.0 Å². The number of hydrogen-bond donors (Lipinski definition) is 0. The summed E-state index contributed by atoms with van der Waals surface area (Å²) in [6.07, 6.45) is 8.43. The molecule has 2 aromatic heterocycles. The fourth-order valence-corrected chi connectivity index (χ4v) is 6.49. The summed E-state index contributed by atoms with van der Waals surface area (Å²) in [5.74, 6) is 1.52. The van der Waals surface area contributed by atoms with Crippen LogP contribution in [0.25, 0.3) is 16.6 Å². The third-order valence-electron chi connectivity index (χ3n) is 6.43. The number of anilines is 1. The molecule has 0 saturated carbocycles. The van der Waals surface area contributed by atoms with E-state index in [1.165, 1.54) is 11.9 Å². The molecule has 0 spiro atoms. The third kappa shape index (κ3) is 3.08. The van der Waals surface area contributed by atoms with Crippen molar-refractivity contribution in [2.45, 2.75) is 17.7 Å². The minimum absolute atomic E-state index is 0.422. The highest BCUT2D eigenvalue weighted by atomic mass is 32.2.